The highest BCUT2D eigenvalue weighted by molar-refractivity contribution is 9.09. The van der Waals surface area contributed by atoms with E-state index in [-0.39, 0.29) is 17.1 Å². The van der Waals surface area contributed by atoms with Crippen molar-refractivity contribution in [3.8, 4) is 0 Å². The molecule has 10 atom stereocenters. The summed E-state index contributed by atoms with van der Waals surface area (Å²) in [7, 11) is 0. The fraction of sp³-hybridized carbons (Fsp3) is 0.886. The van der Waals surface area contributed by atoms with Crippen LogP contribution in [0.5, 0.6) is 0 Å². The van der Waals surface area contributed by atoms with Crippen molar-refractivity contribution in [1.29, 1.82) is 0 Å². The second kappa shape index (κ2) is 12.7. The Balaban J connectivity index is 1.45. The number of hydrogen-bond acceptors (Lipinski definition) is 2. The Labute approximate surface area is 247 Å². The fourth-order valence-corrected chi connectivity index (χ4v) is 10.9. The number of ketones is 1. The van der Waals surface area contributed by atoms with Gasteiger partial charge in [-0.25, -0.2) is 0 Å². The van der Waals surface area contributed by atoms with Crippen LogP contribution in [-0.2, 0) is 9.59 Å². The third-order valence-electron chi connectivity index (χ3n) is 13.1. The lowest BCUT2D eigenvalue weighted by atomic mass is 9.46. The number of alkyl halides is 1. The van der Waals surface area contributed by atoms with Crippen LogP contribution in [0.1, 0.15) is 125 Å². The molecule has 0 bridgehead atoms. The molecule has 4 aliphatic carbocycles. The Morgan fingerprint density at radius 3 is 2.41 bits per heavy atom. The van der Waals surface area contributed by atoms with E-state index in [2.05, 4.69) is 63.5 Å². The Kier molecular flexibility index (Phi) is 10.2. The Morgan fingerprint density at radius 2 is 1.77 bits per heavy atom. The first-order valence-corrected chi connectivity index (χ1v) is 17.6. The quantitative estimate of drug-likeness (QED) is 0.178. The summed E-state index contributed by atoms with van der Waals surface area (Å²) in [5.74, 6) is 4.96. The summed E-state index contributed by atoms with van der Waals surface area (Å²) >= 11 is 3.23. The summed E-state index contributed by atoms with van der Waals surface area (Å²) in [6, 6.07) is 0. The van der Waals surface area contributed by atoms with Crippen LogP contribution in [-0.4, -0.2) is 22.2 Å². The van der Waals surface area contributed by atoms with Crippen molar-refractivity contribution in [1.82, 2.24) is 0 Å². The van der Waals surface area contributed by atoms with Gasteiger partial charge in [-0.1, -0.05) is 82.0 Å². The van der Waals surface area contributed by atoms with E-state index in [0.29, 0.717) is 23.6 Å². The predicted molar refractivity (Wildman–Crippen MR) is 165 cm³/mol. The van der Waals surface area contributed by atoms with Crippen molar-refractivity contribution in [2.45, 2.75) is 125 Å². The average Bonchev–Trinajstić information content (AvgIpc) is 3.25. The molecular weight excluding hydrogens is 548 g/mol. The minimum absolute atomic E-state index is 0.112. The molecule has 0 spiro atoms. The molecule has 3 fully saturated rings. The van der Waals surface area contributed by atoms with Gasteiger partial charge in [0.1, 0.15) is 5.78 Å². The number of aliphatic carboxylic acids is 1. The molecule has 0 aliphatic heterocycles. The molecule has 0 aromatic carbocycles. The van der Waals surface area contributed by atoms with Crippen molar-refractivity contribution in [3.05, 3.63) is 11.6 Å². The van der Waals surface area contributed by atoms with E-state index in [1.54, 1.807) is 5.57 Å². The average molecular weight is 606 g/mol. The fourth-order valence-electron chi connectivity index (χ4n) is 10.6. The molecule has 0 saturated heterocycles. The molecule has 1 N–H and O–H groups in total. The molecule has 4 rings (SSSR count). The molecule has 3 nitrogen and oxygen atoms in total. The second-order valence-corrected chi connectivity index (χ2v) is 15.7. The summed E-state index contributed by atoms with van der Waals surface area (Å²) in [6.07, 6.45) is 17.4. The number of fused-ring (bicyclic) bond motifs is 5. The first-order chi connectivity index (χ1) is 18.5. The van der Waals surface area contributed by atoms with Crippen LogP contribution >= 0.6 is 15.9 Å². The van der Waals surface area contributed by atoms with Crippen molar-refractivity contribution in [2.75, 3.05) is 5.33 Å². The number of carbonyl (C=O) groups excluding carboxylic acids is 1. The van der Waals surface area contributed by atoms with Crippen molar-refractivity contribution in [2.24, 2.45) is 64.1 Å². The number of rotatable bonds is 12. The SMILES string of the molecule is CCC(CCC(C)[C@H]1CC[C@H]2[C@@H]3CC=C4C[C@@H](C(CCC(=O)CBr)C(=O)O)CC[C@]4(C)[C@H]3CC[C@]12C)C(C)C. The van der Waals surface area contributed by atoms with Gasteiger partial charge in [-0.15, -0.1) is 0 Å². The molecule has 0 amide bonds. The highest BCUT2D eigenvalue weighted by atomic mass is 79.9. The summed E-state index contributed by atoms with van der Waals surface area (Å²) in [5.41, 5.74) is 2.30. The van der Waals surface area contributed by atoms with Crippen LogP contribution in [0.4, 0.5) is 0 Å². The molecule has 0 radical (unpaired) electrons. The van der Waals surface area contributed by atoms with Crippen LogP contribution in [0.15, 0.2) is 11.6 Å². The lowest BCUT2D eigenvalue weighted by Gasteiger charge is -2.59. The molecule has 0 aromatic heterocycles. The molecule has 39 heavy (non-hydrogen) atoms. The predicted octanol–water partition coefficient (Wildman–Crippen LogP) is 9.73. The zero-order valence-electron chi connectivity index (χ0n) is 25.8. The van der Waals surface area contributed by atoms with E-state index < -0.39 is 11.9 Å². The van der Waals surface area contributed by atoms with E-state index in [4.69, 9.17) is 0 Å². The number of carboxylic acids is 1. The van der Waals surface area contributed by atoms with Crippen LogP contribution in [0.3, 0.4) is 0 Å². The van der Waals surface area contributed by atoms with Gasteiger partial charge < -0.3 is 5.11 Å². The molecule has 3 saturated carbocycles. The van der Waals surface area contributed by atoms with Gasteiger partial charge in [0, 0.05) is 6.42 Å². The molecule has 0 aromatic rings. The van der Waals surface area contributed by atoms with Crippen molar-refractivity contribution >= 4 is 27.7 Å². The maximum absolute atomic E-state index is 12.2. The van der Waals surface area contributed by atoms with Gasteiger partial charge in [-0.3, -0.25) is 9.59 Å². The minimum atomic E-state index is -0.710. The number of Topliss-reactive ketones (excluding diaryl/α,β-unsaturated/α-hetero) is 1. The van der Waals surface area contributed by atoms with Gasteiger partial charge in [-0.2, -0.15) is 0 Å². The molecule has 4 heteroatoms. The van der Waals surface area contributed by atoms with Crippen LogP contribution < -0.4 is 0 Å². The Bertz CT molecular complexity index is 910. The summed E-state index contributed by atoms with van der Waals surface area (Å²) in [6.45, 7) is 15.0. The van der Waals surface area contributed by atoms with E-state index in [1.807, 2.05) is 0 Å². The van der Waals surface area contributed by atoms with Crippen LogP contribution in [0, 0.1) is 64.1 Å². The van der Waals surface area contributed by atoms with Gasteiger partial charge in [0.2, 0.25) is 0 Å². The van der Waals surface area contributed by atoms with E-state index in [0.717, 1.165) is 60.7 Å². The molecule has 4 aliphatic rings. The molecule has 222 valence electrons. The third-order valence-corrected chi connectivity index (χ3v) is 13.8. The van der Waals surface area contributed by atoms with Gasteiger partial charge in [0.05, 0.1) is 11.2 Å². The van der Waals surface area contributed by atoms with Crippen molar-refractivity contribution in [3.63, 3.8) is 0 Å². The van der Waals surface area contributed by atoms with Gasteiger partial charge in [0.15, 0.2) is 0 Å². The summed E-state index contributed by atoms with van der Waals surface area (Å²) < 4.78 is 0. The Morgan fingerprint density at radius 1 is 1.03 bits per heavy atom. The normalized spacial score (nSPS) is 38.3. The zero-order chi connectivity index (χ0) is 28.5. The minimum Gasteiger partial charge on any atom is -0.481 e. The van der Waals surface area contributed by atoms with Crippen molar-refractivity contribution < 1.29 is 14.7 Å². The van der Waals surface area contributed by atoms with Crippen LogP contribution in [0.2, 0.25) is 0 Å². The van der Waals surface area contributed by atoms with Gasteiger partial charge in [-0.05, 0) is 122 Å². The number of halogens is 1. The maximum Gasteiger partial charge on any atom is 0.306 e. The number of carboxylic acid groups (broad SMARTS) is 1. The van der Waals surface area contributed by atoms with E-state index >= 15 is 0 Å². The smallest absolute Gasteiger partial charge is 0.306 e. The number of carbonyl (C=O) groups is 2. The van der Waals surface area contributed by atoms with Crippen LogP contribution in [0.25, 0.3) is 0 Å². The molecule has 0 heterocycles. The number of allylic oxidation sites excluding steroid dienone is 2. The van der Waals surface area contributed by atoms with Gasteiger partial charge in [0.25, 0.3) is 0 Å². The number of hydrogen-bond donors (Lipinski definition) is 1. The second-order valence-electron chi connectivity index (χ2n) is 15.1. The molecular formula is C35H57BrO3. The molecule has 3 unspecified atom stereocenters. The largest absolute Gasteiger partial charge is 0.481 e. The third kappa shape index (κ3) is 6.12. The summed E-state index contributed by atoms with van der Waals surface area (Å²) in [4.78, 5) is 24.1. The summed E-state index contributed by atoms with van der Waals surface area (Å²) in [5, 5.41) is 10.4. The monoisotopic (exact) mass is 604 g/mol. The zero-order valence-corrected chi connectivity index (χ0v) is 27.4. The first kappa shape index (κ1) is 31.3. The highest BCUT2D eigenvalue weighted by Gasteiger charge is 2.59. The highest BCUT2D eigenvalue weighted by Crippen LogP contribution is 2.67. The lowest BCUT2D eigenvalue weighted by molar-refractivity contribution is -0.145. The maximum atomic E-state index is 12.2. The standard InChI is InChI=1S/C35H57BrO3/c1-7-24(22(2)3)9-8-23(4)30-14-15-31-29-12-10-26-20-25(28(33(38)39)13-11-27(37)21-36)16-18-34(26,5)32(29)17-19-35(30,31)6/h10,22-25,28-32H,7-9,11-21H2,1-6H3,(H,38,39)/t23?,24?,25-,28?,29-,30+,31-,32-,34-,35+/m0/s1. The van der Waals surface area contributed by atoms with E-state index in [1.165, 1.54) is 51.4 Å². The first-order valence-electron chi connectivity index (χ1n) is 16.5. The van der Waals surface area contributed by atoms with Gasteiger partial charge >= 0.3 is 5.97 Å². The topological polar surface area (TPSA) is 54.4 Å². The lowest BCUT2D eigenvalue weighted by Crippen LogP contribution is -2.51. The van der Waals surface area contributed by atoms with E-state index in [9.17, 15) is 14.7 Å². The Hall–Kier alpha value is -0.640.